The quantitative estimate of drug-likeness (QED) is 0.840. The predicted molar refractivity (Wildman–Crippen MR) is 93.1 cm³/mol. The van der Waals surface area contributed by atoms with Gasteiger partial charge in [-0.15, -0.1) is 0 Å². The third-order valence-corrected chi connectivity index (χ3v) is 4.96. The van der Waals surface area contributed by atoms with Crippen molar-refractivity contribution < 1.29 is 24.2 Å². The lowest BCUT2D eigenvalue weighted by atomic mass is 9.87. The summed E-state index contributed by atoms with van der Waals surface area (Å²) >= 11 is 0. The van der Waals surface area contributed by atoms with Crippen molar-refractivity contribution in [3.63, 3.8) is 0 Å². The summed E-state index contributed by atoms with van der Waals surface area (Å²) in [6, 6.07) is 9.36. The highest BCUT2D eigenvalue weighted by Crippen LogP contribution is 2.40. The highest BCUT2D eigenvalue weighted by molar-refractivity contribution is 5.89. The van der Waals surface area contributed by atoms with E-state index < -0.39 is 12.0 Å². The highest BCUT2D eigenvalue weighted by Gasteiger charge is 2.50. The Morgan fingerprint density at radius 3 is 2.48 bits per heavy atom. The first-order valence-corrected chi connectivity index (χ1v) is 8.70. The number of carbonyl (C=O) groups excluding carboxylic acids is 2. The summed E-state index contributed by atoms with van der Waals surface area (Å²) in [4.78, 5) is 26.7. The Labute approximate surface area is 148 Å². The molecule has 2 aliphatic rings. The van der Waals surface area contributed by atoms with Gasteiger partial charge in [0.25, 0.3) is 0 Å². The van der Waals surface area contributed by atoms with Crippen molar-refractivity contribution in [2.24, 2.45) is 5.92 Å². The van der Waals surface area contributed by atoms with Gasteiger partial charge in [0.2, 0.25) is 0 Å². The molecule has 1 aromatic rings. The molecule has 0 saturated carbocycles. The number of hydrogen-bond donors (Lipinski definition) is 1. The third-order valence-electron chi connectivity index (χ3n) is 4.96. The molecular weight excluding hydrogens is 322 g/mol. The van der Waals surface area contributed by atoms with Gasteiger partial charge in [0, 0.05) is 25.1 Å². The number of ether oxygens (including phenoxy) is 2. The number of hydrogen-bond acceptors (Lipinski definition) is 6. The maximum atomic E-state index is 12.3. The maximum Gasteiger partial charge on any atom is 0.338 e. The number of esters is 2. The van der Waals surface area contributed by atoms with E-state index >= 15 is 0 Å². The van der Waals surface area contributed by atoms with E-state index in [1.165, 1.54) is 7.11 Å². The van der Waals surface area contributed by atoms with Gasteiger partial charge in [0.1, 0.15) is 12.0 Å². The van der Waals surface area contributed by atoms with Crippen molar-refractivity contribution in [1.82, 2.24) is 4.90 Å². The number of aliphatic hydroxyl groups excluding tert-OH is 1. The molecule has 25 heavy (non-hydrogen) atoms. The van der Waals surface area contributed by atoms with E-state index in [2.05, 4.69) is 4.90 Å². The summed E-state index contributed by atoms with van der Waals surface area (Å²) in [5.74, 6) is -1.06. The number of fused-ring (bicyclic) bond motifs is 2. The van der Waals surface area contributed by atoms with Gasteiger partial charge < -0.3 is 14.6 Å². The molecule has 138 valence electrons. The first-order valence-electron chi connectivity index (χ1n) is 8.70. The molecule has 1 N–H and O–H groups in total. The van der Waals surface area contributed by atoms with Gasteiger partial charge in [-0.1, -0.05) is 18.2 Å². The van der Waals surface area contributed by atoms with E-state index in [0.29, 0.717) is 18.0 Å². The second kappa shape index (κ2) is 8.97. The van der Waals surface area contributed by atoms with Crippen LogP contribution in [0.3, 0.4) is 0 Å². The summed E-state index contributed by atoms with van der Waals surface area (Å²) in [5.41, 5.74) is 0.511. The van der Waals surface area contributed by atoms with Gasteiger partial charge in [-0.25, -0.2) is 4.79 Å². The summed E-state index contributed by atoms with van der Waals surface area (Å²) in [5, 5.41) is 7.57. The number of aliphatic hydroxyl groups is 1. The minimum absolute atomic E-state index is 0.0970. The van der Waals surface area contributed by atoms with Gasteiger partial charge in [-0.05, 0) is 38.9 Å². The minimum atomic E-state index is -0.408. The molecule has 0 amide bonds. The average Bonchev–Trinajstić information content (AvgIpc) is 2.86. The standard InChI is InChI=1S/C17H21NO4.C2H6O/c1-18-12-8-9-13(18)15(17(20)21-2)14(10-12)22-16(19)11-6-4-3-5-7-11;1-2-3/h3-7,12-15H,8-10H2,1-2H3;3H,2H2,1H3/t12-,13+,14-,15+;/m0./s1. The largest absolute Gasteiger partial charge is 0.469 e. The lowest BCUT2D eigenvalue weighted by molar-refractivity contribution is -0.156. The van der Waals surface area contributed by atoms with Gasteiger partial charge in [0.15, 0.2) is 0 Å². The highest BCUT2D eigenvalue weighted by atomic mass is 16.6. The van der Waals surface area contributed by atoms with Crippen LogP contribution in [0.2, 0.25) is 0 Å². The van der Waals surface area contributed by atoms with E-state index in [4.69, 9.17) is 14.6 Å². The van der Waals surface area contributed by atoms with Crippen molar-refractivity contribution >= 4 is 11.9 Å². The van der Waals surface area contributed by atoms with Gasteiger partial charge in [0.05, 0.1) is 12.7 Å². The number of piperidine rings is 1. The lowest BCUT2D eigenvalue weighted by Gasteiger charge is -2.40. The van der Waals surface area contributed by atoms with Crippen LogP contribution >= 0.6 is 0 Å². The van der Waals surface area contributed by atoms with Crippen molar-refractivity contribution in [3.05, 3.63) is 35.9 Å². The molecule has 2 fully saturated rings. The van der Waals surface area contributed by atoms with Gasteiger partial charge in [-0.2, -0.15) is 0 Å². The van der Waals surface area contributed by atoms with Crippen LogP contribution in [0.25, 0.3) is 0 Å². The molecule has 0 unspecified atom stereocenters. The topological polar surface area (TPSA) is 76.1 Å². The number of methoxy groups -OCH3 is 1. The molecule has 2 bridgehead atoms. The van der Waals surface area contributed by atoms with E-state index in [0.717, 1.165) is 12.8 Å². The number of rotatable bonds is 3. The smallest absolute Gasteiger partial charge is 0.338 e. The normalized spacial score (nSPS) is 27.8. The van der Waals surface area contributed by atoms with Crippen LogP contribution in [0.1, 0.15) is 36.5 Å². The molecule has 0 spiro atoms. The Hall–Kier alpha value is -1.92. The Morgan fingerprint density at radius 2 is 1.88 bits per heavy atom. The first-order chi connectivity index (χ1) is 12.0. The summed E-state index contributed by atoms with van der Waals surface area (Å²) in [7, 11) is 3.42. The van der Waals surface area contributed by atoms with Crippen LogP contribution in [0.5, 0.6) is 0 Å². The average molecular weight is 349 g/mol. The molecule has 2 aliphatic heterocycles. The molecule has 0 aliphatic carbocycles. The van der Waals surface area contributed by atoms with Crippen LogP contribution < -0.4 is 0 Å². The van der Waals surface area contributed by atoms with E-state index in [1.54, 1.807) is 31.2 Å². The molecule has 2 saturated heterocycles. The second-order valence-corrected chi connectivity index (χ2v) is 6.37. The van der Waals surface area contributed by atoms with Crippen LogP contribution in [0.4, 0.5) is 0 Å². The monoisotopic (exact) mass is 349 g/mol. The minimum Gasteiger partial charge on any atom is -0.469 e. The van der Waals surface area contributed by atoms with Crippen LogP contribution in [-0.2, 0) is 14.3 Å². The molecule has 1 aromatic carbocycles. The Balaban J connectivity index is 0.000000701. The molecule has 0 aromatic heterocycles. The molecular formula is C19H27NO5. The van der Waals surface area contributed by atoms with E-state index in [9.17, 15) is 9.59 Å². The Morgan fingerprint density at radius 1 is 1.24 bits per heavy atom. The van der Waals surface area contributed by atoms with Crippen molar-refractivity contribution in [3.8, 4) is 0 Å². The molecule has 4 atom stereocenters. The zero-order valence-corrected chi connectivity index (χ0v) is 15.1. The van der Waals surface area contributed by atoms with Crippen LogP contribution in [-0.4, -0.2) is 60.9 Å². The fourth-order valence-corrected chi connectivity index (χ4v) is 3.77. The second-order valence-electron chi connectivity index (χ2n) is 6.37. The first kappa shape index (κ1) is 19.4. The Bertz CT molecular complexity index is 576. The molecule has 3 rings (SSSR count). The van der Waals surface area contributed by atoms with Crippen LogP contribution in [0, 0.1) is 5.92 Å². The molecule has 6 nitrogen and oxygen atoms in total. The van der Waals surface area contributed by atoms with E-state index in [1.807, 2.05) is 13.1 Å². The third kappa shape index (κ3) is 4.38. The predicted octanol–water partition coefficient (Wildman–Crippen LogP) is 1.87. The lowest BCUT2D eigenvalue weighted by Crippen LogP contribution is -2.53. The summed E-state index contributed by atoms with van der Waals surface area (Å²) in [6.07, 6.45) is 2.26. The van der Waals surface area contributed by atoms with Gasteiger partial charge >= 0.3 is 11.9 Å². The number of benzene rings is 1. The van der Waals surface area contributed by atoms with Crippen molar-refractivity contribution in [1.29, 1.82) is 0 Å². The Kier molecular flexibility index (Phi) is 6.96. The summed E-state index contributed by atoms with van der Waals surface area (Å²) in [6.45, 7) is 1.93. The number of carbonyl (C=O) groups is 2. The van der Waals surface area contributed by atoms with Crippen molar-refractivity contribution in [2.75, 3.05) is 20.8 Å². The number of nitrogens with zero attached hydrogens (tertiary/aromatic N) is 1. The molecule has 6 heteroatoms. The zero-order chi connectivity index (χ0) is 18.4. The van der Waals surface area contributed by atoms with Crippen molar-refractivity contribution in [2.45, 2.75) is 44.4 Å². The fraction of sp³-hybridized carbons (Fsp3) is 0.579. The van der Waals surface area contributed by atoms with Crippen LogP contribution in [0.15, 0.2) is 30.3 Å². The molecule has 0 radical (unpaired) electrons. The van der Waals surface area contributed by atoms with Gasteiger partial charge in [-0.3, -0.25) is 9.69 Å². The maximum absolute atomic E-state index is 12.3. The summed E-state index contributed by atoms with van der Waals surface area (Å²) < 4.78 is 10.6. The fourth-order valence-electron chi connectivity index (χ4n) is 3.77. The zero-order valence-electron chi connectivity index (χ0n) is 15.1. The SMILES string of the molecule is CCO.COC(=O)[C@H]1[C@@H](OC(=O)c2ccccc2)C[C@@H]2CC[C@H]1N2C. The van der Waals surface area contributed by atoms with E-state index in [-0.39, 0.29) is 24.6 Å². The molecule has 2 heterocycles.